The molecular weight excluding hydrogens is 362 g/mol. The van der Waals surface area contributed by atoms with Gasteiger partial charge in [-0.1, -0.05) is 32.0 Å². The Bertz CT molecular complexity index is 958. The fraction of sp³-hybridized carbons (Fsp3) is 0.375. The number of rotatable bonds is 5. The Balaban J connectivity index is 0.00000117. The number of nitrogens with zero attached hydrogens (tertiary/aromatic N) is 2. The Morgan fingerprint density at radius 2 is 1.83 bits per heavy atom. The Hall–Kier alpha value is -2.95. The molecule has 2 heterocycles. The van der Waals surface area contributed by atoms with Crippen LogP contribution in [0.5, 0.6) is 5.75 Å². The molecule has 3 aromatic rings. The summed E-state index contributed by atoms with van der Waals surface area (Å²) >= 11 is 0. The Labute approximate surface area is 173 Å². The summed E-state index contributed by atoms with van der Waals surface area (Å²) in [5.74, 6) is 0.762. The second-order valence-corrected chi connectivity index (χ2v) is 7.12. The zero-order chi connectivity index (χ0) is 20.8. The number of benzene rings is 2. The van der Waals surface area contributed by atoms with Crippen LogP contribution in [0.3, 0.4) is 0 Å². The van der Waals surface area contributed by atoms with Gasteiger partial charge in [-0.25, -0.2) is 0 Å². The highest BCUT2D eigenvalue weighted by Gasteiger charge is 2.19. The molecule has 1 aliphatic heterocycles. The number of amides is 1. The van der Waals surface area contributed by atoms with E-state index in [4.69, 9.17) is 4.74 Å². The summed E-state index contributed by atoms with van der Waals surface area (Å²) in [6.45, 7) is 6.78. The molecule has 0 radical (unpaired) electrons. The van der Waals surface area contributed by atoms with Crippen LogP contribution in [0.1, 0.15) is 42.7 Å². The normalized spacial score (nSPS) is 13.2. The molecule has 0 unspecified atom stereocenters. The standard InChI is InChI=1S/C22H25N3O2.C2H6/c1-24(15-17-7-3-4-8-21(17)25-11-5-6-12-25)22(26)20-13-16-9-10-18(27-2)14-19(16)23-20;1-2/h3-4,7-10,13-14,23H,5-6,11-12,15H2,1-2H3;1-2H3. The molecule has 4 rings (SSSR count). The van der Waals surface area contributed by atoms with E-state index in [1.165, 1.54) is 24.1 Å². The predicted octanol–water partition coefficient (Wildman–Crippen LogP) is 5.08. The minimum atomic E-state index is -0.0126. The maximum Gasteiger partial charge on any atom is 0.270 e. The van der Waals surface area contributed by atoms with Crippen LogP contribution in [0.25, 0.3) is 10.9 Å². The van der Waals surface area contributed by atoms with Crippen molar-refractivity contribution in [2.45, 2.75) is 33.2 Å². The van der Waals surface area contributed by atoms with Crippen molar-refractivity contribution < 1.29 is 9.53 Å². The van der Waals surface area contributed by atoms with Crippen molar-refractivity contribution in [2.75, 3.05) is 32.1 Å². The lowest BCUT2D eigenvalue weighted by molar-refractivity contribution is 0.0780. The maximum atomic E-state index is 13.0. The molecule has 0 bridgehead atoms. The van der Waals surface area contributed by atoms with Crippen LogP contribution in [0.2, 0.25) is 0 Å². The van der Waals surface area contributed by atoms with Gasteiger partial charge in [0.1, 0.15) is 11.4 Å². The number of nitrogens with one attached hydrogen (secondary N) is 1. The van der Waals surface area contributed by atoms with E-state index in [0.29, 0.717) is 12.2 Å². The van der Waals surface area contributed by atoms with Gasteiger partial charge < -0.3 is 19.5 Å². The lowest BCUT2D eigenvalue weighted by Gasteiger charge is -2.24. The zero-order valence-electron chi connectivity index (χ0n) is 17.9. The molecule has 1 saturated heterocycles. The molecule has 1 amide bonds. The average Bonchev–Trinajstić information content (AvgIpc) is 3.44. The summed E-state index contributed by atoms with van der Waals surface area (Å²) in [5.41, 5.74) is 3.94. The van der Waals surface area contributed by atoms with Gasteiger partial charge >= 0.3 is 0 Å². The van der Waals surface area contributed by atoms with Crippen molar-refractivity contribution in [1.29, 1.82) is 0 Å². The number of aromatic amines is 1. The Kier molecular flexibility index (Phi) is 6.81. The van der Waals surface area contributed by atoms with Gasteiger partial charge in [0.15, 0.2) is 0 Å². The number of anilines is 1. The van der Waals surface area contributed by atoms with Gasteiger partial charge in [-0.3, -0.25) is 4.79 Å². The summed E-state index contributed by atoms with van der Waals surface area (Å²) in [5, 5.41) is 1.00. The molecule has 29 heavy (non-hydrogen) atoms. The van der Waals surface area contributed by atoms with Crippen LogP contribution in [0.15, 0.2) is 48.5 Å². The van der Waals surface area contributed by atoms with Gasteiger partial charge in [-0.2, -0.15) is 0 Å². The first-order chi connectivity index (χ1) is 14.2. The highest BCUT2D eigenvalue weighted by molar-refractivity contribution is 5.98. The van der Waals surface area contributed by atoms with Crippen LogP contribution in [-0.4, -0.2) is 43.0 Å². The van der Waals surface area contributed by atoms with E-state index < -0.39 is 0 Å². The lowest BCUT2D eigenvalue weighted by Crippen LogP contribution is -2.28. The molecule has 0 atom stereocenters. The van der Waals surface area contributed by atoms with Crippen LogP contribution in [0, 0.1) is 0 Å². The van der Waals surface area contributed by atoms with Crippen molar-refractivity contribution in [3.63, 3.8) is 0 Å². The van der Waals surface area contributed by atoms with Crippen molar-refractivity contribution in [3.8, 4) is 5.75 Å². The first-order valence-corrected chi connectivity index (χ1v) is 10.4. The summed E-state index contributed by atoms with van der Waals surface area (Å²) < 4.78 is 5.26. The van der Waals surface area contributed by atoms with Gasteiger partial charge in [-0.05, 0) is 42.7 Å². The number of para-hydroxylation sites is 1. The molecular formula is C24H31N3O2. The number of carbonyl (C=O) groups is 1. The first-order valence-electron chi connectivity index (χ1n) is 10.4. The molecule has 0 saturated carbocycles. The van der Waals surface area contributed by atoms with Crippen LogP contribution in [0.4, 0.5) is 5.69 Å². The quantitative estimate of drug-likeness (QED) is 0.658. The summed E-state index contributed by atoms with van der Waals surface area (Å²) in [7, 11) is 3.50. The van der Waals surface area contributed by atoms with Gasteiger partial charge in [0.25, 0.3) is 5.91 Å². The van der Waals surface area contributed by atoms with Crippen molar-refractivity contribution in [2.24, 2.45) is 0 Å². The number of ether oxygens (including phenoxy) is 1. The highest BCUT2D eigenvalue weighted by atomic mass is 16.5. The van der Waals surface area contributed by atoms with Gasteiger partial charge in [-0.15, -0.1) is 0 Å². The number of H-pyrrole nitrogens is 1. The van der Waals surface area contributed by atoms with Crippen molar-refractivity contribution in [1.82, 2.24) is 9.88 Å². The van der Waals surface area contributed by atoms with Gasteiger partial charge in [0.2, 0.25) is 0 Å². The minimum absolute atomic E-state index is 0.0126. The fourth-order valence-electron chi connectivity index (χ4n) is 3.79. The van der Waals surface area contributed by atoms with Gasteiger partial charge in [0, 0.05) is 49.3 Å². The zero-order valence-corrected chi connectivity index (χ0v) is 17.9. The maximum absolute atomic E-state index is 13.0. The van der Waals surface area contributed by atoms with E-state index in [2.05, 4.69) is 28.1 Å². The smallest absolute Gasteiger partial charge is 0.270 e. The number of methoxy groups -OCH3 is 1. The fourth-order valence-corrected chi connectivity index (χ4v) is 3.79. The third-order valence-corrected chi connectivity index (χ3v) is 5.25. The number of carbonyl (C=O) groups excluding carboxylic acids is 1. The topological polar surface area (TPSA) is 48.6 Å². The van der Waals surface area contributed by atoms with E-state index in [1.807, 2.05) is 51.2 Å². The van der Waals surface area contributed by atoms with Crippen LogP contribution >= 0.6 is 0 Å². The SMILES string of the molecule is CC.COc1ccc2cc(C(=O)N(C)Cc3ccccc3N3CCCC3)[nH]c2c1. The molecule has 0 aliphatic carbocycles. The third kappa shape index (κ3) is 4.56. The van der Waals surface area contributed by atoms with E-state index in [1.54, 1.807) is 12.0 Å². The van der Waals surface area contributed by atoms with Crippen molar-refractivity contribution in [3.05, 3.63) is 59.8 Å². The minimum Gasteiger partial charge on any atom is -0.497 e. The van der Waals surface area contributed by atoms with Gasteiger partial charge in [0.05, 0.1) is 7.11 Å². The molecule has 5 nitrogen and oxygen atoms in total. The van der Waals surface area contributed by atoms with E-state index in [9.17, 15) is 4.79 Å². The largest absolute Gasteiger partial charge is 0.497 e. The molecule has 154 valence electrons. The van der Waals surface area contributed by atoms with Crippen molar-refractivity contribution >= 4 is 22.5 Å². The first kappa shape index (κ1) is 20.8. The Morgan fingerprint density at radius 1 is 1.10 bits per heavy atom. The number of hydrogen-bond donors (Lipinski definition) is 1. The number of hydrogen-bond acceptors (Lipinski definition) is 3. The third-order valence-electron chi connectivity index (χ3n) is 5.25. The average molecular weight is 394 g/mol. The van der Waals surface area contributed by atoms with Crippen LogP contribution < -0.4 is 9.64 Å². The molecule has 0 spiro atoms. The van der Waals surface area contributed by atoms with E-state index in [-0.39, 0.29) is 5.91 Å². The molecule has 2 aromatic carbocycles. The number of fused-ring (bicyclic) bond motifs is 1. The van der Waals surface area contributed by atoms with Crippen LogP contribution in [-0.2, 0) is 6.54 Å². The van der Waals surface area contributed by atoms with E-state index in [0.717, 1.165) is 29.7 Å². The Morgan fingerprint density at radius 3 is 2.55 bits per heavy atom. The monoisotopic (exact) mass is 393 g/mol. The molecule has 1 aliphatic rings. The lowest BCUT2D eigenvalue weighted by atomic mass is 10.1. The summed E-state index contributed by atoms with van der Waals surface area (Å²) in [6.07, 6.45) is 2.48. The summed E-state index contributed by atoms with van der Waals surface area (Å²) in [4.78, 5) is 20.4. The summed E-state index contributed by atoms with van der Waals surface area (Å²) in [6, 6.07) is 16.1. The second-order valence-electron chi connectivity index (χ2n) is 7.12. The molecule has 5 heteroatoms. The molecule has 1 fully saturated rings. The van der Waals surface area contributed by atoms with E-state index >= 15 is 0 Å². The number of aromatic nitrogens is 1. The molecule has 1 N–H and O–H groups in total. The predicted molar refractivity (Wildman–Crippen MR) is 120 cm³/mol. The molecule has 1 aromatic heterocycles. The highest BCUT2D eigenvalue weighted by Crippen LogP contribution is 2.26. The second kappa shape index (κ2) is 9.50.